The van der Waals surface area contributed by atoms with Crippen LogP contribution in [0.15, 0.2) is 0 Å². The Balaban J connectivity index is 1.87. The molecule has 3 atom stereocenters. The van der Waals surface area contributed by atoms with Crippen molar-refractivity contribution in [1.82, 2.24) is 15.1 Å². The molecule has 2 saturated heterocycles. The van der Waals surface area contributed by atoms with Crippen LogP contribution < -0.4 is 5.32 Å². The van der Waals surface area contributed by atoms with E-state index in [1.165, 1.54) is 45.3 Å². The lowest BCUT2D eigenvalue weighted by Gasteiger charge is -2.50. The first-order chi connectivity index (χ1) is 9.61. The van der Waals surface area contributed by atoms with Crippen LogP contribution in [0.4, 0.5) is 0 Å². The minimum atomic E-state index is 0.716. The average molecular weight is 281 g/mol. The lowest BCUT2D eigenvalue weighted by atomic mass is 9.95. The third-order valence-electron chi connectivity index (χ3n) is 5.11. The third kappa shape index (κ3) is 4.19. The average Bonchev–Trinajstić information content (AvgIpc) is 2.43. The highest BCUT2D eigenvalue weighted by atomic mass is 15.3. The quantitative estimate of drug-likeness (QED) is 0.807. The van der Waals surface area contributed by atoms with Crippen LogP contribution in [0, 0.1) is 5.92 Å². The maximum Gasteiger partial charge on any atom is 0.0224 e. The van der Waals surface area contributed by atoms with Crippen molar-refractivity contribution in [1.29, 1.82) is 0 Å². The molecule has 0 saturated carbocycles. The van der Waals surface area contributed by atoms with Gasteiger partial charge in [0.05, 0.1) is 0 Å². The number of nitrogens with zero attached hydrogens (tertiary/aromatic N) is 2. The number of rotatable bonds is 6. The van der Waals surface area contributed by atoms with Gasteiger partial charge < -0.3 is 5.32 Å². The van der Waals surface area contributed by atoms with E-state index in [4.69, 9.17) is 0 Å². The molecule has 1 N–H and O–H groups in total. The van der Waals surface area contributed by atoms with Gasteiger partial charge in [-0.15, -0.1) is 0 Å². The minimum absolute atomic E-state index is 0.716. The monoisotopic (exact) mass is 281 g/mol. The first-order valence-corrected chi connectivity index (χ1v) is 8.82. The molecule has 3 heteroatoms. The van der Waals surface area contributed by atoms with Crippen LogP contribution in [0.1, 0.15) is 53.4 Å². The molecular formula is C17H35N3. The minimum Gasteiger partial charge on any atom is -0.315 e. The van der Waals surface area contributed by atoms with Crippen LogP contribution in [0.2, 0.25) is 0 Å². The molecule has 0 amide bonds. The summed E-state index contributed by atoms with van der Waals surface area (Å²) < 4.78 is 0. The highest BCUT2D eigenvalue weighted by molar-refractivity contribution is 4.92. The van der Waals surface area contributed by atoms with Gasteiger partial charge in [0, 0.05) is 37.8 Å². The van der Waals surface area contributed by atoms with Crippen molar-refractivity contribution in [3.8, 4) is 0 Å². The van der Waals surface area contributed by atoms with Crippen molar-refractivity contribution >= 4 is 0 Å². The van der Waals surface area contributed by atoms with Crippen LogP contribution in [-0.4, -0.2) is 60.6 Å². The van der Waals surface area contributed by atoms with E-state index < -0.39 is 0 Å². The van der Waals surface area contributed by atoms with Crippen molar-refractivity contribution in [2.24, 2.45) is 5.92 Å². The lowest BCUT2D eigenvalue weighted by molar-refractivity contribution is -0.00852. The Hall–Kier alpha value is -0.120. The summed E-state index contributed by atoms with van der Waals surface area (Å²) in [5.41, 5.74) is 0. The molecule has 20 heavy (non-hydrogen) atoms. The zero-order valence-electron chi connectivity index (χ0n) is 14.1. The molecule has 0 aliphatic carbocycles. The van der Waals surface area contributed by atoms with E-state index in [9.17, 15) is 0 Å². The molecule has 118 valence electrons. The second-order valence-electron chi connectivity index (χ2n) is 7.30. The van der Waals surface area contributed by atoms with Crippen LogP contribution in [0.5, 0.6) is 0 Å². The van der Waals surface area contributed by atoms with Crippen LogP contribution in [0.25, 0.3) is 0 Å². The molecular weight excluding hydrogens is 246 g/mol. The SMILES string of the molecule is CCC(CNCC(C)C)N1CC2CCCCN2CC1C. The fourth-order valence-electron chi connectivity index (χ4n) is 3.92. The third-order valence-corrected chi connectivity index (χ3v) is 5.11. The van der Waals surface area contributed by atoms with Gasteiger partial charge in [-0.25, -0.2) is 0 Å². The number of piperidine rings is 1. The summed E-state index contributed by atoms with van der Waals surface area (Å²) in [5, 5.41) is 3.67. The summed E-state index contributed by atoms with van der Waals surface area (Å²) >= 11 is 0. The van der Waals surface area contributed by atoms with Crippen molar-refractivity contribution in [2.75, 3.05) is 32.7 Å². The number of hydrogen-bond donors (Lipinski definition) is 1. The molecule has 0 aromatic heterocycles. The van der Waals surface area contributed by atoms with E-state index in [1.807, 2.05) is 0 Å². The van der Waals surface area contributed by atoms with Gasteiger partial charge in [-0.2, -0.15) is 0 Å². The van der Waals surface area contributed by atoms with Gasteiger partial charge in [-0.3, -0.25) is 9.80 Å². The highest BCUT2D eigenvalue weighted by Crippen LogP contribution is 2.25. The zero-order chi connectivity index (χ0) is 14.5. The Morgan fingerprint density at radius 3 is 2.65 bits per heavy atom. The molecule has 2 rings (SSSR count). The molecule has 2 fully saturated rings. The Kier molecular flexibility index (Phi) is 6.31. The van der Waals surface area contributed by atoms with E-state index in [0.717, 1.165) is 31.1 Å². The van der Waals surface area contributed by atoms with Crippen molar-refractivity contribution in [3.63, 3.8) is 0 Å². The molecule has 0 bridgehead atoms. The molecule has 3 nitrogen and oxygen atoms in total. The Morgan fingerprint density at radius 1 is 1.15 bits per heavy atom. The second kappa shape index (κ2) is 7.77. The second-order valence-corrected chi connectivity index (χ2v) is 7.30. The van der Waals surface area contributed by atoms with E-state index in [2.05, 4.69) is 42.8 Å². The van der Waals surface area contributed by atoms with Gasteiger partial charge in [0.1, 0.15) is 0 Å². The van der Waals surface area contributed by atoms with Gasteiger partial charge in [0.25, 0.3) is 0 Å². The van der Waals surface area contributed by atoms with Crippen molar-refractivity contribution in [3.05, 3.63) is 0 Å². The fourth-order valence-corrected chi connectivity index (χ4v) is 3.92. The normalized spacial score (nSPS) is 30.4. The van der Waals surface area contributed by atoms with Crippen LogP contribution in [0.3, 0.4) is 0 Å². The van der Waals surface area contributed by atoms with E-state index >= 15 is 0 Å². The van der Waals surface area contributed by atoms with Gasteiger partial charge >= 0.3 is 0 Å². The van der Waals surface area contributed by atoms with Crippen LogP contribution >= 0.6 is 0 Å². The van der Waals surface area contributed by atoms with Crippen LogP contribution in [-0.2, 0) is 0 Å². The van der Waals surface area contributed by atoms with Gasteiger partial charge in [-0.05, 0) is 45.2 Å². The summed E-state index contributed by atoms with van der Waals surface area (Å²) in [4.78, 5) is 5.54. The smallest absolute Gasteiger partial charge is 0.0224 e. The standard InChI is InChI=1S/C17H35N3/c1-5-16(11-18-10-14(2)3)20-13-17-8-6-7-9-19(17)12-15(20)4/h14-18H,5-13H2,1-4H3. The van der Waals surface area contributed by atoms with E-state index in [1.54, 1.807) is 0 Å². The maximum atomic E-state index is 3.67. The van der Waals surface area contributed by atoms with Gasteiger partial charge in [0.15, 0.2) is 0 Å². The number of fused-ring (bicyclic) bond motifs is 1. The predicted octanol–water partition coefficient (Wildman–Crippen LogP) is 2.57. The molecule has 2 aliphatic rings. The van der Waals surface area contributed by atoms with Gasteiger partial charge in [0.2, 0.25) is 0 Å². The van der Waals surface area contributed by atoms with E-state index in [-0.39, 0.29) is 0 Å². The molecule has 0 spiro atoms. The van der Waals surface area contributed by atoms with Gasteiger partial charge in [-0.1, -0.05) is 27.2 Å². The lowest BCUT2D eigenvalue weighted by Crippen LogP contribution is -2.62. The first-order valence-electron chi connectivity index (χ1n) is 8.82. The van der Waals surface area contributed by atoms with E-state index in [0.29, 0.717) is 6.04 Å². The number of hydrogen-bond acceptors (Lipinski definition) is 3. The Labute approximate surface area is 126 Å². The molecule has 0 radical (unpaired) electrons. The summed E-state index contributed by atoms with van der Waals surface area (Å²) in [6, 6.07) is 2.27. The largest absolute Gasteiger partial charge is 0.315 e. The Morgan fingerprint density at radius 2 is 1.95 bits per heavy atom. The number of nitrogens with one attached hydrogen (secondary N) is 1. The molecule has 0 aromatic rings. The molecule has 2 aliphatic heterocycles. The van der Waals surface area contributed by atoms with Crippen molar-refractivity contribution in [2.45, 2.75) is 71.5 Å². The molecule has 2 heterocycles. The summed E-state index contributed by atoms with van der Waals surface area (Å²) in [6.07, 6.45) is 5.53. The Bertz CT molecular complexity index is 279. The highest BCUT2D eigenvalue weighted by Gasteiger charge is 2.35. The fraction of sp³-hybridized carbons (Fsp3) is 1.00. The predicted molar refractivity (Wildman–Crippen MR) is 87.2 cm³/mol. The zero-order valence-corrected chi connectivity index (χ0v) is 14.1. The first kappa shape index (κ1) is 16.3. The molecule has 0 aromatic carbocycles. The summed E-state index contributed by atoms with van der Waals surface area (Å²) in [7, 11) is 0. The van der Waals surface area contributed by atoms with Crippen molar-refractivity contribution < 1.29 is 0 Å². The summed E-state index contributed by atoms with van der Waals surface area (Å²) in [5.74, 6) is 0.750. The number of piperazine rings is 1. The maximum absolute atomic E-state index is 3.67. The summed E-state index contributed by atoms with van der Waals surface area (Å²) in [6.45, 7) is 15.6. The molecule has 3 unspecified atom stereocenters. The topological polar surface area (TPSA) is 18.5 Å².